The van der Waals surface area contributed by atoms with Gasteiger partial charge in [0.05, 0.1) is 10.9 Å². The van der Waals surface area contributed by atoms with E-state index in [0.29, 0.717) is 18.0 Å². The SMILES string of the molecule is C=CC1CN(C(C)(C)C)CCN1S(=O)(=O)c1ccccc1. The maximum atomic E-state index is 12.8. The molecule has 1 fully saturated rings. The van der Waals surface area contributed by atoms with Crippen LogP contribution in [0.3, 0.4) is 0 Å². The summed E-state index contributed by atoms with van der Waals surface area (Å²) in [6.45, 7) is 12.2. The first kappa shape index (κ1) is 16.2. The Morgan fingerprint density at radius 1 is 1.19 bits per heavy atom. The molecule has 0 saturated carbocycles. The monoisotopic (exact) mass is 308 g/mol. The number of rotatable bonds is 3. The van der Waals surface area contributed by atoms with E-state index in [0.717, 1.165) is 6.54 Å². The molecule has 1 saturated heterocycles. The Hall–Kier alpha value is -1.17. The molecule has 0 radical (unpaired) electrons. The molecule has 1 aromatic carbocycles. The molecule has 1 atom stereocenters. The molecule has 5 heteroatoms. The highest BCUT2D eigenvalue weighted by Gasteiger charge is 2.37. The van der Waals surface area contributed by atoms with Gasteiger partial charge in [-0.3, -0.25) is 4.90 Å². The third-order valence-electron chi connectivity index (χ3n) is 3.94. The zero-order valence-corrected chi connectivity index (χ0v) is 13.8. The number of sulfonamides is 1. The van der Waals surface area contributed by atoms with Crippen LogP contribution >= 0.6 is 0 Å². The predicted octanol–water partition coefficient (Wildman–Crippen LogP) is 2.35. The van der Waals surface area contributed by atoms with Crippen LogP contribution in [0.2, 0.25) is 0 Å². The first-order valence-electron chi connectivity index (χ1n) is 7.21. The van der Waals surface area contributed by atoms with Crippen LogP contribution in [-0.2, 0) is 10.0 Å². The molecular formula is C16H24N2O2S. The lowest BCUT2D eigenvalue weighted by molar-refractivity contribution is 0.0730. The molecule has 0 spiro atoms. The van der Waals surface area contributed by atoms with Crippen LogP contribution in [0.15, 0.2) is 47.9 Å². The summed E-state index contributed by atoms with van der Waals surface area (Å²) in [4.78, 5) is 2.65. The number of hydrogen-bond donors (Lipinski definition) is 0. The normalized spacial score (nSPS) is 22.1. The Morgan fingerprint density at radius 3 is 2.33 bits per heavy atom. The Morgan fingerprint density at radius 2 is 1.81 bits per heavy atom. The second-order valence-corrected chi connectivity index (χ2v) is 8.24. The molecule has 21 heavy (non-hydrogen) atoms. The Bertz CT molecular complexity index is 590. The summed E-state index contributed by atoms with van der Waals surface area (Å²) in [5.74, 6) is 0. The summed E-state index contributed by atoms with van der Waals surface area (Å²) in [6, 6.07) is 8.42. The molecular weight excluding hydrogens is 284 g/mol. The van der Waals surface area contributed by atoms with Crippen LogP contribution < -0.4 is 0 Å². The molecule has 1 aromatic rings. The highest BCUT2D eigenvalue weighted by molar-refractivity contribution is 7.89. The van der Waals surface area contributed by atoms with E-state index in [9.17, 15) is 8.42 Å². The molecule has 1 unspecified atom stereocenters. The van der Waals surface area contributed by atoms with Gasteiger partial charge < -0.3 is 0 Å². The van der Waals surface area contributed by atoms with Gasteiger partial charge in [0.25, 0.3) is 0 Å². The second kappa shape index (κ2) is 5.91. The average molecular weight is 308 g/mol. The van der Waals surface area contributed by atoms with E-state index in [1.54, 1.807) is 34.6 Å². The highest BCUT2D eigenvalue weighted by atomic mass is 32.2. The topological polar surface area (TPSA) is 40.6 Å². The smallest absolute Gasteiger partial charge is 0.243 e. The molecule has 1 aliphatic heterocycles. The van der Waals surface area contributed by atoms with Gasteiger partial charge in [0.15, 0.2) is 0 Å². The van der Waals surface area contributed by atoms with E-state index in [4.69, 9.17) is 0 Å². The fourth-order valence-corrected chi connectivity index (χ4v) is 4.22. The van der Waals surface area contributed by atoms with Crippen molar-refractivity contribution in [1.29, 1.82) is 0 Å². The van der Waals surface area contributed by atoms with E-state index in [-0.39, 0.29) is 11.6 Å². The van der Waals surface area contributed by atoms with Gasteiger partial charge in [-0.25, -0.2) is 8.42 Å². The van der Waals surface area contributed by atoms with Gasteiger partial charge in [0.1, 0.15) is 0 Å². The van der Waals surface area contributed by atoms with E-state index < -0.39 is 10.0 Å². The minimum atomic E-state index is -3.46. The van der Waals surface area contributed by atoms with Crippen molar-refractivity contribution in [2.24, 2.45) is 0 Å². The molecule has 0 bridgehead atoms. The van der Waals surface area contributed by atoms with E-state index in [2.05, 4.69) is 32.3 Å². The maximum absolute atomic E-state index is 12.8. The predicted molar refractivity (Wildman–Crippen MR) is 85.6 cm³/mol. The molecule has 4 nitrogen and oxygen atoms in total. The average Bonchev–Trinajstić information content (AvgIpc) is 2.46. The summed E-state index contributed by atoms with van der Waals surface area (Å²) in [7, 11) is -3.46. The van der Waals surface area contributed by atoms with E-state index in [1.165, 1.54) is 0 Å². The van der Waals surface area contributed by atoms with Crippen molar-refractivity contribution in [2.45, 2.75) is 37.2 Å². The molecule has 0 amide bonds. The lowest BCUT2D eigenvalue weighted by Gasteiger charge is -2.45. The van der Waals surface area contributed by atoms with E-state index in [1.807, 2.05) is 6.07 Å². The minimum Gasteiger partial charge on any atom is -0.295 e. The number of piperazine rings is 1. The van der Waals surface area contributed by atoms with Crippen molar-refractivity contribution in [3.63, 3.8) is 0 Å². The van der Waals surface area contributed by atoms with Gasteiger partial charge in [0.2, 0.25) is 10.0 Å². The highest BCUT2D eigenvalue weighted by Crippen LogP contribution is 2.25. The van der Waals surface area contributed by atoms with Gasteiger partial charge >= 0.3 is 0 Å². The van der Waals surface area contributed by atoms with Crippen molar-refractivity contribution in [1.82, 2.24) is 9.21 Å². The van der Waals surface area contributed by atoms with Crippen molar-refractivity contribution < 1.29 is 8.42 Å². The molecule has 0 aliphatic carbocycles. The molecule has 116 valence electrons. The van der Waals surface area contributed by atoms with Crippen LogP contribution in [0.5, 0.6) is 0 Å². The molecule has 0 aromatic heterocycles. The Balaban J connectivity index is 2.27. The van der Waals surface area contributed by atoms with Gasteiger partial charge in [0, 0.05) is 25.2 Å². The van der Waals surface area contributed by atoms with Crippen LogP contribution in [0.1, 0.15) is 20.8 Å². The maximum Gasteiger partial charge on any atom is 0.243 e. The molecule has 1 heterocycles. The number of nitrogens with zero attached hydrogens (tertiary/aromatic N) is 2. The minimum absolute atomic E-state index is 0.0316. The fourth-order valence-electron chi connectivity index (χ4n) is 2.62. The second-order valence-electron chi connectivity index (χ2n) is 6.35. The van der Waals surface area contributed by atoms with Crippen molar-refractivity contribution in [2.75, 3.05) is 19.6 Å². The lowest BCUT2D eigenvalue weighted by atomic mass is 10.0. The van der Waals surface area contributed by atoms with Gasteiger partial charge in [-0.2, -0.15) is 4.31 Å². The molecule has 0 N–H and O–H groups in total. The zero-order valence-electron chi connectivity index (χ0n) is 13.0. The van der Waals surface area contributed by atoms with Crippen molar-refractivity contribution in [3.05, 3.63) is 43.0 Å². The summed E-state index contributed by atoms with van der Waals surface area (Å²) in [6.07, 6.45) is 1.73. The van der Waals surface area contributed by atoms with Crippen LogP contribution in [0.25, 0.3) is 0 Å². The summed E-state index contributed by atoms with van der Waals surface area (Å²) in [5.41, 5.74) is 0.0316. The molecule has 2 rings (SSSR count). The van der Waals surface area contributed by atoms with Gasteiger partial charge in [-0.05, 0) is 32.9 Å². The third kappa shape index (κ3) is 3.36. The molecule has 1 aliphatic rings. The Kier molecular flexibility index (Phi) is 4.56. The number of benzene rings is 1. The van der Waals surface area contributed by atoms with Crippen molar-refractivity contribution >= 4 is 10.0 Å². The first-order valence-corrected chi connectivity index (χ1v) is 8.65. The van der Waals surface area contributed by atoms with Gasteiger partial charge in [-0.15, -0.1) is 6.58 Å². The third-order valence-corrected chi connectivity index (χ3v) is 5.88. The summed E-state index contributed by atoms with van der Waals surface area (Å²) in [5, 5.41) is 0. The fraction of sp³-hybridized carbons (Fsp3) is 0.500. The zero-order chi connectivity index (χ0) is 15.7. The van der Waals surface area contributed by atoms with Gasteiger partial charge in [-0.1, -0.05) is 24.3 Å². The van der Waals surface area contributed by atoms with Crippen LogP contribution in [0, 0.1) is 0 Å². The first-order chi connectivity index (χ1) is 9.76. The quantitative estimate of drug-likeness (QED) is 0.805. The van der Waals surface area contributed by atoms with E-state index >= 15 is 0 Å². The standard InChI is InChI=1S/C16H24N2O2S/c1-5-14-13-17(16(2,3)4)11-12-18(14)21(19,20)15-9-7-6-8-10-15/h5-10,14H,1,11-13H2,2-4H3. The van der Waals surface area contributed by atoms with Crippen LogP contribution in [-0.4, -0.2) is 48.8 Å². The summed E-state index contributed by atoms with van der Waals surface area (Å²) < 4.78 is 27.1. The lowest BCUT2D eigenvalue weighted by Crippen LogP contribution is -2.58. The summed E-state index contributed by atoms with van der Waals surface area (Å²) >= 11 is 0. The van der Waals surface area contributed by atoms with Crippen LogP contribution in [0.4, 0.5) is 0 Å². The number of hydrogen-bond acceptors (Lipinski definition) is 3. The van der Waals surface area contributed by atoms with Crippen molar-refractivity contribution in [3.8, 4) is 0 Å². The Labute approximate surface area is 128 Å². The largest absolute Gasteiger partial charge is 0.295 e.